The van der Waals surface area contributed by atoms with E-state index in [1.54, 1.807) is 6.20 Å². The molecule has 1 aliphatic carbocycles. The molecule has 10 nitrogen and oxygen atoms in total. The van der Waals surface area contributed by atoms with Gasteiger partial charge in [0.25, 0.3) is 5.91 Å². The zero-order chi connectivity index (χ0) is 28.5. The van der Waals surface area contributed by atoms with Crippen molar-refractivity contribution in [2.45, 2.75) is 39.2 Å². The Morgan fingerprint density at radius 2 is 1.86 bits per heavy atom. The van der Waals surface area contributed by atoms with E-state index in [-0.39, 0.29) is 5.91 Å². The first-order valence-electron chi connectivity index (χ1n) is 14.5. The van der Waals surface area contributed by atoms with E-state index in [0.29, 0.717) is 24.3 Å². The van der Waals surface area contributed by atoms with E-state index in [9.17, 15) is 4.79 Å². The number of rotatable bonds is 5. The van der Waals surface area contributed by atoms with E-state index in [0.717, 1.165) is 96.7 Å². The highest BCUT2D eigenvalue weighted by Crippen LogP contribution is 2.38. The van der Waals surface area contributed by atoms with Gasteiger partial charge >= 0.3 is 0 Å². The molecule has 1 aliphatic heterocycles. The zero-order valence-corrected chi connectivity index (χ0v) is 23.6. The average molecular weight is 561 g/mol. The summed E-state index contributed by atoms with van der Waals surface area (Å²) in [4.78, 5) is 32.2. The van der Waals surface area contributed by atoms with Gasteiger partial charge in [0, 0.05) is 41.5 Å². The molecule has 0 radical (unpaired) electrons. The number of morpholine rings is 1. The maximum Gasteiger partial charge on any atom is 0.251 e. The van der Waals surface area contributed by atoms with E-state index in [1.807, 2.05) is 37.4 Å². The summed E-state index contributed by atoms with van der Waals surface area (Å²) in [7, 11) is 0. The Balaban J connectivity index is 1.21. The Labute approximate surface area is 243 Å². The summed E-state index contributed by atoms with van der Waals surface area (Å²) >= 11 is 0. The van der Waals surface area contributed by atoms with Crippen LogP contribution in [0.1, 0.15) is 51.5 Å². The Morgan fingerprint density at radius 1 is 1.05 bits per heavy atom. The summed E-state index contributed by atoms with van der Waals surface area (Å²) < 4.78 is 5.45. The third-order valence-electron chi connectivity index (χ3n) is 8.06. The van der Waals surface area contributed by atoms with Crippen LogP contribution in [0.5, 0.6) is 0 Å². The molecule has 0 bridgehead atoms. The minimum atomic E-state index is -0.141. The summed E-state index contributed by atoms with van der Waals surface area (Å²) in [5.74, 6) is 7.26. The van der Waals surface area contributed by atoms with E-state index >= 15 is 0 Å². The van der Waals surface area contributed by atoms with Gasteiger partial charge in [0.15, 0.2) is 5.65 Å². The number of H-pyrrole nitrogens is 2. The van der Waals surface area contributed by atoms with Crippen molar-refractivity contribution in [1.29, 1.82) is 0 Å². The second kappa shape index (κ2) is 11.4. The third-order valence-corrected chi connectivity index (χ3v) is 8.06. The maximum atomic E-state index is 12.8. The van der Waals surface area contributed by atoms with Gasteiger partial charge in [0.2, 0.25) is 0 Å². The van der Waals surface area contributed by atoms with Crippen LogP contribution in [0.25, 0.3) is 33.2 Å². The molecule has 212 valence electrons. The van der Waals surface area contributed by atoms with Crippen molar-refractivity contribution in [3.8, 4) is 23.1 Å². The van der Waals surface area contributed by atoms with Crippen molar-refractivity contribution in [2.75, 3.05) is 32.8 Å². The normalized spacial score (nSPS) is 15.4. The molecule has 1 amide bonds. The fraction of sp³-hybridized carbons (Fsp3) is 0.344. The summed E-state index contributed by atoms with van der Waals surface area (Å²) in [5.41, 5.74) is 8.38. The van der Waals surface area contributed by atoms with Gasteiger partial charge in [-0.15, -0.1) is 0 Å². The van der Waals surface area contributed by atoms with Crippen molar-refractivity contribution in [1.82, 2.24) is 40.3 Å². The highest BCUT2D eigenvalue weighted by atomic mass is 16.5. The molecule has 4 aromatic heterocycles. The van der Waals surface area contributed by atoms with Crippen LogP contribution < -0.4 is 5.32 Å². The SMILES string of the molecule is Cc1cnc(CNC(=O)c2ccc(-c3nc4cnc5n[nH]c(C#CCN6CCOCC6)c5c4c4c3CCCC4)cc2)[nH]1. The molecular weight excluding hydrogens is 528 g/mol. The lowest BCUT2D eigenvalue weighted by Gasteiger charge is -2.24. The summed E-state index contributed by atoms with van der Waals surface area (Å²) in [6.07, 6.45) is 7.74. The highest BCUT2D eigenvalue weighted by Gasteiger charge is 2.23. The quantitative estimate of drug-likeness (QED) is 0.280. The molecule has 0 unspecified atom stereocenters. The van der Waals surface area contributed by atoms with Gasteiger partial charge in [-0.05, 0) is 61.8 Å². The van der Waals surface area contributed by atoms with Gasteiger partial charge in [-0.3, -0.25) is 14.8 Å². The van der Waals surface area contributed by atoms with Gasteiger partial charge < -0.3 is 15.0 Å². The van der Waals surface area contributed by atoms with Gasteiger partial charge in [0.1, 0.15) is 11.5 Å². The Bertz CT molecular complexity index is 1840. The first-order valence-corrected chi connectivity index (χ1v) is 14.5. The van der Waals surface area contributed by atoms with Gasteiger partial charge in [0.05, 0.1) is 49.1 Å². The van der Waals surface area contributed by atoms with Crippen molar-refractivity contribution >= 4 is 27.8 Å². The molecule has 1 saturated heterocycles. The Hall–Kier alpha value is -4.59. The molecule has 2 aliphatic rings. The maximum absolute atomic E-state index is 12.8. The summed E-state index contributed by atoms with van der Waals surface area (Å²) in [5, 5.41) is 12.6. The number of amides is 1. The standard InChI is InChI=1S/C32H32N8O2/c1-20-17-33-27(36-20)19-35-32(41)22-10-8-21(9-11-22)30-24-6-3-2-5-23(24)28-26(37-30)18-34-31-29(28)25(38-39-31)7-4-12-40-13-15-42-16-14-40/h8-11,17-18H,2-3,5-6,12-16,19H2,1H3,(H,33,36)(H,35,41)(H,34,38,39). The van der Waals surface area contributed by atoms with Crippen LogP contribution >= 0.6 is 0 Å². The topological polar surface area (TPSA) is 125 Å². The lowest BCUT2D eigenvalue weighted by Crippen LogP contribution is -2.36. The predicted octanol–water partition coefficient (Wildman–Crippen LogP) is 3.70. The molecule has 3 N–H and O–H groups in total. The minimum Gasteiger partial charge on any atom is -0.379 e. The molecule has 10 heteroatoms. The van der Waals surface area contributed by atoms with Crippen LogP contribution in [-0.4, -0.2) is 73.8 Å². The van der Waals surface area contributed by atoms with Crippen LogP contribution in [0.2, 0.25) is 0 Å². The lowest BCUT2D eigenvalue weighted by atomic mass is 9.85. The molecule has 0 spiro atoms. The molecule has 0 saturated carbocycles. The Morgan fingerprint density at radius 3 is 2.64 bits per heavy atom. The van der Waals surface area contributed by atoms with Crippen LogP contribution in [0.15, 0.2) is 36.7 Å². The molecule has 7 rings (SSSR count). The number of nitrogens with zero attached hydrogens (tertiary/aromatic N) is 5. The second-order valence-electron chi connectivity index (χ2n) is 10.9. The number of aromatic amines is 2. The fourth-order valence-electron chi connectivity index (χ4n) is 5.93. The highest BCUT2D eigenvalue weighted by molar-refractivity contribution is 6.08. The van der Waals surface area contributed by atoms with Crippen LogP contribution in [0, 0.1) is 18.8 Å². The number of hydrogen-bond acceptors (Lipinski definition) is 7. The zero-order valence-electron chi connectivity index (χ0n) is 23.6. The number of ether oxygens (including phenoxy) is 1. The van der Waals surface area contributed by atoms with Crippen LogP contribution in [-0.2, 0) is 24.1 Å². The average Bonchev–Trinajstić information content (AvgIpc) is 3.65. The molecule has 1 fully saturated rings. The molecule has 5 heterocycles. The number of imidazole rings is 1. The number of fused-ring (bicyclic) bond motifs is 5. The Kier molecular flexibility index (Phi) is 7.11. The molecular formula is C32H32N8O2. The van der Waals surface area contributed by atoms with Crippen LogP contribution in [0.4, 0.5) is 0 Å². The van der Waals surface area contributed by atoms with Crippen molar-refractivity contribution in [3.63, 3.8) is 0 Å². The number of carbonyl (C=O) groups excluding carboxylic acids is 1. The van der Waals surface area contributed by atoms with Gasteiger partial charge in [-0.2, -0.15) is 5.10 Å². The number of hydrogen-bond donors (Lipinski definition) is 3. The van der Waals surface area contributed by atoms with Crippen molar-refractivity contribution < 1.29 is 9.53 Å². The number of benzene rings is 1. The summed E-state index contributed by atoms with van der Waals surface area (Å²) in [6, 6.07) is 7.69. The van der Waals surface area contributed by atoms with E-state index in [4.69, 9.17) is 9.72 Å². The molecule has 5 aromatic rings. The number of pyridine rings is 2. The number of aromatic nitrogens is 6. The summed E-state index contributed by atoms with van der Waals surface area (Å²) in [6.45, 7) is 6.29. The third kappa shape index (κ3) is 5.13. The fourth-order valence-corrected chi connectivity index (χ4v) is 5.93. The van der Waals surface area contributed by atoms with E-state index in [1.165, 1.54) is 11.1 Å². The number of aryl methyl sites for hydroxylation is 2. The smallest absolute Gasteiger partial charge is 0.251 e. The first-order chi connectivity index (χ1) is 20.6. The van der Waals surface area contributed by atoms with Gasteiger partial charge in [-0.1, -0.05) is 18.1 Å². The second-order valence-corrected chi connectivity index (χ2v) is 10.9. The molecule has 0 atom stereocenters. The first kappa shape index (κ1) is 26.3. The predicted molar refractivity (Wildman–Crippen MR) is 160 cm³/mol. The van der Waals surface area contributed by atoms with Crippen LogP contribution in [0.3, 0.4) is 0 Å². The monoisotopic (exact) mass is 560 g/mol. The van der Waals surface area contributed by atoms with Crippen molar-refractivity contribution in [3.05, 3.63) is 70.6 Å². The lowest BCUT2D eigenvalue weighted by molar-refractivity contribution is 0.0443. The van der Waals surface area contributed by atoms with Crippen molar-refractivity contribution in [2.24, 2.45) is 0 Å². The number of nitrogens with one attached hydrogen (secondary N) is 3. The molecule has 42 heavy (non-hydrogen) atoms. The minimum absolute atomic E-state index is 0.141. The van der Waals surface area contributed by atoms with E-state index < -0.39 is 0 Å². The van der Waals surface area contributed by atoms with E-state index in [2.05, 4.69) is 47.2 Å². The largest absolute Gasteiger partial charge is 0.379 e. The number of carbonyl (C=O) groups is 1. The van der Waals surface area contributed by atoms with Gasteiger partial charge in [-0.25, -0.2) is 15.0 Å². The molecule has 1 aromatic carbocycles.